The van der Waals surface area contributed by atoms with Crippen molar-refractivity contribution in [3.63, 3.8) is 0 Å². The predicted octanol–water partition coefficient (Wildman–Crippen LogP) is 2.97. The van der Waals surface area contributed by atoms with Crippen LogP contribution in [-0.4, -0.2) is 26.7 Å². The zero-order valence-corrected chi connectivity index (χ0v) is 19.4. The molecule has 3 aromatic heterocycles. The second kappa shape index (κ2) is 8.90. The molecule has 1 aliphatic heterocycles. The second-order valence-electron chi connectivity index (χ2n) is 8.57. The molecule has 4 heterocycles. The Morgan fingerprint density at radius 3 is 2.65 bits per heavy atom. The lowest BCUT2D eigenvalue weighted by molar-refractivity contribution is 0.0948. The average Bonchev–Trinajstić information content (AvgIpc) is 3.38. The highest BCUT2D eigenvalue weighted by atomic mass is 19.1. The van der Waals surface area contributed by atoms with Gasteiger partial charge in [-0.15, -0.1) is 0 Å². The Kier molecular flexibility index (Phi) is 5.41. The second-order valence-corrected chi connectivity index (χ2v) is 8.57. The zero-order chi connectivity index (χ0) is 25.5. The molecule has 0 atom stereocenters. The van der Waals surface area contributed by atoms with E-state index in [0.717, 1.165) is 5.56 Å². The molecular weight excluding hydrogens is 477 g/mol. The Balaban J connectivity index is 1.44. The number of hydrogen-bond acceptors (Lipinski definition) is 6. The van der Waals surface area contributed by atoms with Gasteiger partial charge in [0.25, 0.3) is 11.5 Å². The van der Waals surface area contributed by atoms with Gasteiger partial charge in [0.15, 0.2) is 11.5 Å². The topological polar surface area (TPSA) is 111 Å². The van der Waals surface area contributed by atoms with Gasteiger partial charge in [-0.2, -0.15) is 0 Å². The Labute approximate surface area is 208 Å². The number of rotatable bonds is 5. The highest BCUT2D eigenvalue weighted by molar-refractivity contribution is 5.96. The van der Waals surface area contributed by atoms with E-state index in [9.17, 15) is 14.0 Å². The summed E-state index contributed by atoms with van der Waals surface area (Å²) in [7, 11) is 0. The third kappa shape index (κ3) is 4.08. The van der Waals surface area contributed by atoms with E-state index in [1.807, 2.05) is 6.07 Å². The minimum atomic E-state index is -0.519. The summed E-state index contributed by atoms with van der Waals surface area (Å²) in [5.41, 5.74) is 1.69. The Bertz CT molecular complexity index is 1810. The summed E-state index contributed by atoms with van der Waals surface area (Å²) < 4.78 is 27.1. The molecular formula is C27H20FN5O4. The minimum absolute atomic E-state index is 0.0186. The van der Waals surface area contributed by atoms with Gasteiger partial charge < -0.3 is 19.4 Å². The molecule has 0 radical (unpaired) electrons. The molecule has 184 valence electrons. The van der Waals surface area contributed by atoms with Gasteiger partial charge in [0.1, 0.15) is 22.6 Å². The first-order valence-electron chi connectivity index (χ1n) is 11.5. The van der Waals surface area contributed by atoms with Crippen LogP contribution in [0.25, 0.3) is 16.7 Å². The van der Waals surface area contributed by atoms with E-state index in [2.05, 4.69) is 10.3 Å². The number of nitrogens with zero attached hydrogens (tertiary/aromatic N) is 3. The molecule has 9 nitrogen and oxygen atoms in total. The van der Waals surface area contributed by atoms with E-state index in [-0.39, 0.29) is 53.3 Å². The molecule has 10 heteroatoms. The first-order chi connectivity index (χ1) is 18.0. The highest BCUT2D eigenvalue weighted by Gasteiger charge is 2.19. The van der Waals surface area contributed by atoms with Crippen LogP contribution in [0.4, 0.5) is 4.39 Å². The fraction of sp³-hybridized carbons (Fsp3) is 0.111. The summed E-state index contributed by atoms with van der Waals surface area (Å²) in [5, 5.41) is 11.9. The van der Waals surface area contributed by atoms with Crippen LogP contribution in [0.2, 0.25) is 0 Å². The number of ether oxygens (including phenoxy) is 2. The Hall–Kier alpha value is -4.99. The van der Waals surface area contributed by atoms with Crippen LogP contribution in [0.3, 0.4) is 0 Å². The molecule has 6 rings (SSSR count). The summed E-state index contributed by atoms with van der Waals surface area (Å²) >= 11 is 0. The fourth-order valence-electron chi connectivity index (χ4n) is 4.31. The van der Waals surface area contributed by atoms with E-state index < -0.39 is 5.91 Å². The minimum Gasteiger partial charge on any atom is -0.454 e. The monoisotopic (exact) mass is 497 g/mol. The maximum Gasteiger partial charge on any atom is 0.267 e. The van der Waals surface area contributed by atoms with Crippen LogP contribution in [0.15, 0.2) is 77.7 Å². The van der Waals surface area contributed by atoms with Gasteiger partial charge >= 0.3 is 0 Å². The fourth-order valence-corrected chi connectivity index (χ4v) is 4.31. The van der Waals surface area contributed by atoms with Crippen LogP contribution < -0.4 is 25.8 Å². The van der Waals surface area contributed by atoms with Gasteiger partial charge in [-0.05, 0) is 53.6 Å². The lowest BCUT2D eigenvalue weighted by Gasteiger charge is -2.15. The van der Waals surface area contributed by atoms with Crippen molar-refractivity contribution in [3.05, 3.63) is 111 Å². The van der Waals surface area contributed by atoms with Crippen molar-refractivity contribution in [2.45, 2.75) is 13.1 Å². The van der Waals surface area contributed by atoms with Crippen LogP contribution in [0.1, 0.15) is 21.5 Å². The van der Waals surface area contributed by atoms with E-state index in [1.54, 1.807) is 48.7 Å². The van der Waals surface area contributed by atoms with Crippen molar-refractivity contribution >= 4 is 22.6 Å². The summed E-state index contributed by atoms with van der Waals surface area (Å²) in [6.45, 7) is 0.449. The van der Waals surface area contributed by atoms with Gasteiger partial charge in [-0.25, -0.2) is 9.37 Å². The number of pyridine rings is 2. The third-order valence-electron chi connectivity index (χ3n) is 6.21. The molecule has 0 saturated carbocycles. The summed E-state index contributed by atoms with van der Waals surface area (Å²) in [6, 6.07) is 17.8. The normalized spacial score (nSPS) is 12.2. The van der Waals surface area contributed by atoms with E-state index in [4.69, 9.17) is 14.9 Å². The van der Waals surface area contributed by atoms with Crippen molar-refractivity contribution in [1.29, 1.82) is 5.41 Å². The summed E-state index contributed by atoms with van der Waals surface area (Å²) in [4.78, 5) is 31.2. The maximum absolute atomic E-state index is 13.5. The molecule has 0 bridgehead atoms. The molecule has 37 heavy (non-hydrogen) atoms. The van der Waals surface area contributed by atoms with E-state index >= 15 is 0 Å². The third-order valence-corrected chi connectivity index (χ3v) is 6.21. The van der Waals surface area contributed by atoms with Gasteiger partial charge in [-0.3, -0.25) is 19.4 Å². The number of nitrogens with one attached hydrogen (secondary N) is 2. The first kappa shape index (κ1) is 22.5. The number of carbonyl (C=O) groups excluding carboxylic acids is 1. The summed E-state index contributed by atoms with van der Waals surface area (Å²) in [5.74, 6) is 0.334. The van der Waals surface area contributed by atoms with Crippen LogP contribution in [0, 0.1) is 11.2 Å². The first-order valence-corrected chi connectivity index (χ1v) is 11.5. The number of carbonyl (C=O) groups is 1. The Morgan fingerprint density at radius 2 is 1.81 bits per heavy atom. The molecule has 0 saturated heterocycles. The standard InChI is InChI=1S/C27H20FN5O4/c28-18-7-4-16(5-8-18)14-33-24(29)19(12-20-25(33)31-23-3-1-2-10-32(23)27(20)35)26(34)30-13-17-6-9-21-22(11-17)37-15-36-21/h1-12,29H,13-15H2,(H,30,34). The maximum atomic E-state index is 13.5. The number of hydrogen-bond donors (Lipinski definition) is 2. The molecule has 1 aliphatic rings. The molecule has 5 aromatic rings. The molecule has 1 amide bonds. The molecule has 0 spiro atoms. The van der Waals surface area contributed by atoms with Crippen LogP contribution in [-0.2, 0) is 13.1 Å². The van der Waals surface area contributed by atoms with Gasteiger partial charge in [0, 0.05) is 12.7 Å². The van der Waals surface area contributed by atoms with Crippen LogP contribution >= 0.6 is 0 Å². The van der Waals surface area contributed by atoms with Crippen molar-refractivity contribution in [3.8, 4) is 11.5 Å². The zero-order valence-electron chi connectivity index (χ0n) is 19.4. The highest BCUT2D eigenvalue weighted by Crippen LogP contribution is 2.32. The average molecular weight is 497 g/mol. The quantitative estimate of drug-likeness (QED) is 0.363. The summed E-state index contributed by atoms with van der Waals surface area (Å²) in [6.07, 6.45) is 1.60. The molecule has 0 unspecified atom stereocenters. The van der Waals surface area contributed by atoms with Crippen LogP contribution in [0.5, 0.6) is 11.5 Å². The molecule has 0 aliphatic carbocycles. The van der Waals surface area contributed by atoms with E-state index in [1.165, 1.54) is 27.2 Å². The Morgan fingerprint density at radius 1 is 1.03 bits per heavy atom. The lowest BCUT2D eigenvalue weighted by Crippen LogP contribution is -2.35. The van der Waals surface area contributed by atoms with Gasteiger partial charge in [0.05, 0.1) is 17.5 Å². The van der Waals surface area contributed by atoms with Gasteiger partial charge in [-0.1, -0.05) is 24.3 Å². The number of benzene rings is 2. The molecule has 2 aromatic carbocycles. The number of fused-ring (bicyclic) bond motifs is 3. The molecule has 0 fully saturated rings. The van der Waals surface area contributed by atoms with Crippen molar-refractivity contribution in [2.75, 3.05) is 6.79 Å². The number of halogens is 1. The van der Waals surface area contributed by atoms with Crippen molar-refractivity contribution < 1.29 is 18.7 Å². The predicted molar refractivity (Wildman–Crippen MR) is 132 cm³/mol. The lowest BCUT2D eigenvalue weighted by atomic mass is 10.1. The largest absolute Gasteiger partial charge is 0.454 e. The SMILES string of the molecule is N=c1c(C(=O)NCc2ccc3c(c2)OCO3)cc2c(=O)n3ccccc3nc2n1Cc1ccc(F)cc1. The van der Waals surface area contributed by atoms with Crippen molar-refractivity contribution in [1.82, 2.24) is 19.3 Å². The number of aromatic nitrogens is 3. The molecule has 2 N–H and O–H groups in total. The van der Waals surface area contributed by atoms with Gasteiger partial charge in [0.2, 0.25) is 6.79 Å². The van der Waals surface area contributed by atoms with Crippen molar-refractivity contribution in [2.24, 2.45) is 0 Å². The van der Waals surface area contributed by atoms with E-state index in [0.29, 0.717) is 22.7 Å². The number of amides is 1. The smallest absolute Gasteiger partial charge is 0.267 e.